The molecule has 1 heterocycles. The number of piperidine rings is 1. The van der Waals surface area contributed by atoms with Crippen LogP contribution in [-0.2, 0) is 6.61 Å². The second kappa shape index (κ2) is 7.39. The highest BCUT2D eigenvalue weighted by atomic mass is 19.2. The number of benzene rings is 2. The van der Waals surface area contributed by atoms with Crippen LogP contribution in [0.4, 0.5) is 22.0 Å². The van der Waals surface area contributed by atoms with E-state index in [1.54, 1.807) is 0 Å². The van der Waals surface area contributed by atoms with Gasteiger partial charge >= 0.3 is 0 Å². The molecule has 1 aliphatic rings. The average molecular weight is 357 g/mol. The van der Waals surface area contributed by atoms with E-state index >= 15 is 0 Å². The lowest BCUT2D eigenvalue weighted by atomic mass is 9.86. The molecule has 2 aromatic carbocycles. The summed E-state index contributed by atoms with van der Waals surface area (Å²) < 4.78 is 73.4. The van der Waals surface area contributed by atoms with Crippen LogP contribution in [-0.4, -0.2) is 13.1 Å². The Morgan fingerprint density at radius 2 is 1.56 bits per heavy atom. The molecule has 2 nitrogen and oxygen atoms in total. The molecule has 3 rings (SSSR count). The van der Waals surface area contributed by atoms with Crippen molar-refractivity contribution in [1.82, 2.24) is 5.32 Å². The van der Waals surface area contributed by atoms with Crippen LogP contribution in [0, 0.1) is 29.1 Å². The summed E-state index contributed by atoms with van der Waals surface area (Å²) in [6.07, 6.45) is 1.24. The Kier molecular flexibility index (Phi) is 5.22. The second-order valence-electron chi connectivity index (χ2n) is 5.95. The van der Waals surface area contributed by atoms with Crippen LogP contribution in [0.5, 0.6) is 5.75 Å². The third-order valence-electron chi connectivity index (χ3n) is 4.31. The summed E-state index contributed by atoms with van der Waals surface area (Å²) in [5.41, 5.74) is 0.485. The number of hydrogen-bond acceptors (Lipinski definition) is 2. The van der Waals surface area contributed by atoms with Gasteiger partial charge in [0.05, 0.1) is 0 Å². The SMILES string of the molecule is Fc1cc(F)c(OCc2ccc(F)c(F)c2C2CCNCC2)c(F)c1. The van der Waals surface area contributed by atoms with Crippen molar-refractivity contribution < 1.29 is 26.7 Å². The van der Waals surface area contributed by atoms with Gasteiger partial charge in [-0.15, -0.1) is 0 Å². The first-order valence-electron chi connectivity index (χ1n) is 7.92. The van der Waals surface area contributed by atoms with Crippen LogP contribution >= 0.6 is 0 Å². The van der Waals surface area contributed by atoms with Crippen LogP contribution in [0.3, 0.4) is 0 Å². The van der Waals surface area contributed by atoms with E-state index < -0.39 is 34.8 Å². The average Bonchev–Trinajstić information content (AvgIpc) is 2.58. The van der Waals surface area contributed by atoms with Crippen molar-refractivity contribution in [2.45, 2.75) is 25.4 Å². The van der Waals surface area contributed by atoms with Crippen LogP contribution in [0.25, 0.3) is 0 Å². The van der Waals surface area contributed by atoms with Crippen molar-refractivity contribution in [3.63, 3.8) is 0 Å². The molecule has 0 amide bonds. The maximum Gasteiger partial charge on any atom is 0.191 e. The molecule has 0 aliphatic carbocycles. The molecule has 1 fully saturated rings. The summed E-state index contributed by atoms with van der Waals surface area (Å²) in [5.74, 6) is -6.34. The van der Waals surface area contributed by atoms with E-state index in [1.807, 2.05) is 0 Å². The van der Waals surface area contributed by atoms with Crippen molar-refractivity contribution in [3.8, 4) is 5.75 Å². The standard InChI is InChI=1S/C18H16F5NO/c19-12-7-14(21)18(15(22)8-12)25-9-11-1-2-13(20)17(23)16(11)10-3-5-24-6-4-10/h1-2,7-8,10,24H,3-6,9H2. The highest BCUT2D eigenvalue weighted by molar-refractivity contribution is 5.34. The smallest absolute Gasteiger partial charge is 0.191 e. The van der Waals surface area contributed by atoms with E-state index in [0.29, 0.717) is 43.6 Å². The zero-order valence-corrected chi connectivity index (χ0v) is 13.2. The molecular weight excluding hydrogens is 341 g/mol. The molecule has 0 aromatic heterocycles. The van der Waals surface area contributed by atoms with Gasteiger partial charge in [0.15, 0.2) is 29.0 Å². The fourth-order valence-corrected chi connectivity index (χ4v) is 3.10. The van der Waals surface area contributed by atoms with Crippen molar-refractivity contribution in [3.05, 3.63) is 64.5 Å². The summed E-state index contributed by atoms with van der Waals surface area (Å²) in [6, 6.07) is 3.29. The van der Waals surface area contributed by atoms with Gasteiger partial charge in [-0.3, -0.25) is 0 Å². The Labute approximate surface area is 141 Å². The topological polar surface area (TPSA) is 21.3 Å². The third-order valence-corrected chi connectivity index (χ3v) is 4.31. The van der Waals surface area contributed by atoms with E-state index in [0.717, 1.165) is 6.07 Å². The van der Waals surface area contributed by atoms with Gasteiger partial charge in [0, 0.05) is 17.7 Å². The first kappa shape index (κ1) is 17.7. The van der Waals surface area contributed by atoms with Crippen molar-refractivity contribution >= 4 is 0 Å². The molecule has 1 saturated heterocycles. The normalized spacial score (nSPS) is 15.4. The molecule has 0 bridgehead atoms. The first-order chi connectivity index (χ1) is 12.0. The summed E-state index contributed by atoms with van der Waals surface area (Å²) >= 11 is 0. The van der Waals surface area contributed by atoms with E-state index in [4.69, 9.17) is 4.74 Å². The number of halogens is 5. The van der Waals surface area contributed by atoms with Gasteiger partial charge in [-0.25, -0.2) is 22.0 Å². The molecule has 2 aromatic rings. The molecule has 0 radical (unpaired) electrons. The van der Waals surface area contributed by atoms with Gasteiger partial charge in [0.25, 0.3) is 0 Å². The Morgan fingerprint density at radius 1 is 0.920 bits per heavy atom. The number of nitrogens with one attached hydrogen (secondary N) is 1. The minimum Gasteiger partial charge on any atom is -0.483 e. The summed E-state index contributed by atoms with van der Waals surface area (Å²) in [5, 5.41) is 3.13. The Hall–Kier alpha value is -2.15. The number of ether oxygens (including phenoxy) is 1. The van der Waals surface area contributed by atoms with Gasteiger partial charge in [-0.1, -0.05) is 6.07 Å². The molecule has 0 atom stereocenters. The van der Waals surface area contributed by atoms with Gasteiger partial charge in [-0.05, 0) is 43.5 Å². The maximum absolute atomic E-state index is 14.3. The van der Waals surface area contributed by atoms with E-state index in [2.05, 4.69) is 5.32 Å². The van der Waals surface area contributed by atoms with Crippen LogP contribution in [0.2, 0.25) is 0 Å². The second-order valence-corrected chi connectivity index (χ2v) is 5.95. The molecule has 134 valence electrons. The highest BCUT2D eigenvalue weighted by Gasteiger charge is 2.25. The Balaban J connectivity index is 1.89. The van der Waals surface area contributed by atoms with Crippen molar-refractivity contribution in [1.29, 1.82) is 0 Å². The van der Waals surface area contributed by atoms with E-state index in [1.165, 1.54) is 6.07 Å². The summed E-state index contributed by atoms with van der Waals surface area (Å²) in [6.45, 7) is 0.986. The summed E-state index contributed by atoms with van der Waals surface area (Å²) in [7, 11) is 0. The largest absolute Gasteiger partial charge is 0.483 e. The van der Waals surface area contributed by atoms with Crippen molar-refractivity contribution in [2.75, 3.05) is 13.1 Å². The minimum absolute atomic E-state index is 0.171. The molecule has 0 unspecified atom stereocenters. The van der Waals surface area contributed by atoms with Gasteiger partial charge in [0.2, 0.25) is 0 Å². The number of hydrogen-bond donors (Lipinski definition) is 1. The lowest BCUT2D eigenvalue weighted by Gasteiger charge is -2.25. The maximum atomic E-state index is 14.3. The molecule has 1 N–H and O–H groups in total. The van der Waals surface area contributed by atoms with Crippen LogP contribution in [0.1, 0.15) is 29.9 Å². The molecule has 25 heavy (non-hydrogen) atoms. The Morgan fingerprint density at radius 3 is 2.20 bits per heavy atom. The Bertz CT molecular complexity index is 751. The fourth-order valence-electron chi connectivity index (χ4n) is 3.10. The zero-order valence-electron chi connectivity index (χ0n) is 13.2. The summed E-state index contributed by atoms with van der Waals surface area (Å²) in [4.78, 5) is 0. The van der Waals surface area contributed by atoms with E-state index in [-0.39, 0.29) is 18.1 Å². The molecule has 1 aliphatic heterocycles. The predicted octanol–water partition coefficient (Wildman–Crippen LogP) is 4.43. The van der Waals surface area contributed by atoms with Crippen LogP contribution < -0.4 is 10.1 Å². The van der Waals surface area contributed by atoms with E-state index in [9.17, 15) is 22.0 Å². The van der Waals surface area contributed by atoms with Crippen molar-refractivity contribution in [2.24, 2.45) is 0 Å². The van der Waals surface area contributed by atoms with Gasteiger partial charge < -0.3 is 10.1 Å². The molecule has 0 spiro atoms. The first-order valence-corrected chi connectivity index (χ1v) is 7.92. The quantitative estimate of drug-likeness (QED) is 0.818. The number of rotatable bonds is 4. The minimum atomic E-state index is -1.19. The van der Waals surface area contributed by atoms with Gasteiger partial charge in [-0.2, -0.15) is 0 Å². The monoisotopic (exact) mass is 357 g/mol. The molecule has 0 saturated carbocycles. The molecule has 7 heteroatoms. The highest BCUT2D eigenvalue weighted by Crippen LogP contribution is 2.33. The lowest BCUT2D eigenvalue weighted by Crippen LogP contribution is -2.28. The van der Waals surface area contributed by atoms with Gasteiger partial charge in [0.1, 0.15) is 12.4 Å². The lowest BCUT2D eigenvalue weighted by molar-refractivity contribution is 0.268. The molecular formula is C18H16F5NO. The predicted molar refractivity (Wildman–Crippen MR) is 81.9 cm³/mol. The third kappa shape index (κ3) is 3.76. The zero-order chi connectivity index (χ0) is 18.0. The van der Waals surface area contributed by atoms with Crippen LogP contribution in [0.15, 0.2) is 24.3 Å². The fraction of sp³-hybridized carbons (Fsp3) is 0.333.